The van der Waals surface area contributed by atoms with E-state index in [1.54, 1.807) is 11.8 Å². The molecular formula is C12H16FNO2S. The maximum absolute atomic E-state index is 13.5. The van der Waals surface area contributed by atoms with Crippen molar-refractivity contribution in [3.8, 4) is 0 Å². The molecule has 5 heteroatoms. The standard InChI is InChI=1S/C12H16FNO2S/c1-14(5-6-17-2)8-10-7-9(12(15)16)3-4-11(10)13/h3-4,7H,5-6,8H2,1-2H3,(H,15,16). The van der Waals surface area contributed by atoms with Gasteiger partial charge in [0.1, 0.15) is 5.82 Å². The van der Waals surface area contributed by atoms with Crippen LogP contribution in [-0.4, -0.2) is 41.6 Å². The monoisotopic (exact) mass is 257 g/mol. The minimum atomic E-state index is -1.03. The maximum Gasteiger partial charge on any atom is 0.335 e. The third-order valence-electron chi connectivity index (χ3n) is 2.41. The molecule has 0 fully saturated rings. The first kappa shape index (κ1) is 14.0. The Morgan fingerprint density at radius 1 is 1.53 bits per heavy atom. The first-order valence-electron chi connectivity index (χ1n) is 5.23. The van der Waals surface area contributed by atoms with Gasteiger partial charge in [0.2, 0.25) is 0 Å². The fourth-order valence-corrected chi connectivity index (χ4v) is 1.94. The number of carboxylic acids is 1. The normalized spacial score (nSPS) is 10.8. The number of benzene rings is 1. The Morgan fingerprint density at radius 3 is 2.82 bits per heavy atom. The van der Waals surface area contributed by atoms with Crippen LogP contribution in [0, 0.1) is 5.82 Å². The summed E-state index contributed by atoms with van der Waals surface area (Å²) >= 11 is 1.72. The van der Waals surface area contributed by atoms with E-state index in [9.17, 15) is 9.18 Å². The van der Waals surface area contributed by atoms with E-state index in [1.165, 1.54) is 18.2 Å². The molecule has 0 aliphatic rings. The van der Waals surface area contributed by atoms with E-state index >= 15 is 0 Å². The molecule has 17 heavy (non-hydrogen) atoms. The average molecular weight is 257 g/mol. The highest BCUT2D eigenvalue weighted by atomic mass is 32.2. The highest BCUT2D eigenvalue weighted by Gasteiger charge is 2.10. The van der Waals surface area contributed by atoms with Crippen molar-refractivity contribution < 1.29 is 14.3 Å². The highest BCUT2D eigenvalue weighted by Crippen LogP contribution is 2.13. The lowest BCUT2D eigenvalue weighted by atomic mass is 10.1. The first-order valence-corrected chi connectivity index (χ1v) is 6.63. The molecule has 1 N–H and O–H groups in total. The zero-order chi connectivity index (χ0) is 12.8. The van der Waals surface area contributed by atoms with Crippen LogP contribution in [0.25, 0.3) is 0 Å². The van der Waals surface area contributed by atoms with Crippen molar-refractivity contribution in [3.63, 3.8) is 0 Å². The molecule has 0 unspecified atom stereocenters. The van der Waals surface area contributed by atoms with Crippen molar-refractivity contribution >= 4 is 17.7 Å². The van der Waals surface area contributed by atoms with E-state index in [-0.39, 0.29) is 11.4 Å². The first-order chi connectivity index (χ1) is 8.04. The number of carbonyl (C=O) groups is 1. The van der Waals surface area contributed by atoms with Gasteiger partial charge in [-0.2, -0.15) is 11.8 Å². The van der Waals surface area contributed by atoms with Gasteiger partial charge in [0, 0.05) is 24.4 Å². The molecule has 0 bridgehead atoms. The van der Waals surface area contributed by atoms with Crippen molar-refractivity contribution in [2.24, 2.45) is 0 Å². The molecule has 0 amide bonds. The smallest absolute Gasteiger partial charge is 0.335 e. The molecule has 94 valence electrons. The number of thioether (sulfide) groups is 1. The SMILES string of the molecule is CSCCN(C)Cc1cc(C(=O)O)ccc1F. The third kappa shape index (κ3) is 4.36. The molecule has 0 heterocycles. The molecule has 1 aromatic carbocycles. The third-order valence-corrected chi connectivity index (χ3v) is 3.00. The molecule has 3 nitrogen and oxygen atoms in total. The summed E-state index contributed by atoms with van der Waals surface area (Å²) in [7, 11) is 1.89. The van der Waals surface area contributed by atoms with Crippen LogP contribution in [0.1, 0.15) is 15.9 Å². The van der Waals surface area contributed by atoms with Crippen molar-refractivity contribution in [2.75, 3.05) is 25.6 Å². The minimum absolute atomic E-state index is 0.125. The molecule has 0 aromatic heterocycles. The summed E-state index contributed by atoms with van der Waals surface area (Å²) in [5, 5.41) is 8.84. The van der Waals surface area contributed by atoms with Crippen LogP contribution in [-0.2, 0) is 6.54 Å². The zero-order valence-corrected chi connectivity index (χ0v) is 10.8. The quantitative estimate of drug-likeness (QED) is 0.849. The lowest BCUT2D eigenvalue weighted by Gasteiger charge is -2.16. The Balaban J connectivity index is 2.75. The molecule has 0 saturated carbocycles. The minimum Gasteiger partial charge on any atom is -0.478 e. The number of hydrogen-bond donors (Lipinski definition) is 1. The summed E-state index contributed by atoms with van der Waals surface area (Å²) in [6, 6.07) is 3.89. The Morgan fingerprint density at radius 2 is 2.24 bits per heavy atom. The second kappa shape index (κ2) is 6.61. The Labute approximate surface area is 105 Å². The van der Waals surface area contributed by atoms with E-state index in [0.717, 1.165) is 12.3 Å². The van der Waals surface area contributed by atoms with Gasteiger partial charge in [-0.15, -0.1) is 0 Å². The fraction of sp³-hybridized carbons (Fsp3) is 0.417. The van der Waals surface area contributed by atoms with Crippen molar-refractivity contribution in [2.45, 2.75) is 6.54 Å². The fourth-order valence-electron chi connectivity index (χ4n) is 1.45. The molecule has 0 aliphatic heterocycles. The molecule has 0 radical (unpaired) electrons. The summed E-state index contributed by atoms with van der Waals surface area (Å²) in [4.78, 5) is 12.8. The van der Waals surface area contributed by atoms with Crippen LogP contribution in [0.5, 0.6) is 0 Å². The van der Waals surface area contributed by atoms with E-state index in [1.807, 2.05) is 18.2 Å². The van der Waals surface area contributed by atoms with Gasteiger partial charge in [-0.05, 0) is 31.5 Å². The molecule has 0 saturated heterocycles. The molecule has 0 atom stereocenters. The predicted molar refractivity (Wildman–Crippen MR) is 68.1 cm³/mol. The van der Waals surface area contributed by atoms with Gasteiger partial charge in [-0.3, -0.25) is 0 Å². The molecule has 0 aliphatic carbocycles. The summed E-state index contributed by atoms with van der Waals surface area (Å²) in [5.41, 5.74) is 0.549. The van der Waals surface area contributed by atoms with Gasteiger partial charge >= 0.3 is 5.97 Å². The van der Waals surface area contributed by atoms with Gasteiger partial charge in [0.05, 0.1) is 5.56 Å². The van der Waals surface area contributed by atoms with Crippen molar-refractivity contribution in [1.29, 1.82) is 0 Å². The van der Waals surface area contributed by atoms with Crippen LogP contribution in [0.3, 0.4) is 0 Å². The zero-order valence-electron chi connectivity index (χ0n) is 9.94. The Hall–Kier alpha value is -1.07. The Kier molecular flexibility index (Phi) is 5.44. The second-order valence-corrected chi connectivity index (χ2v) is 4.83. The van der Waals surface area contributed by atoms with Gasteiger partial charge < -0.3 is 10.0 Å². The van der Waals surface area contributed by atoms with Crippen LogP contribution in [0.15, 0.2) is 18.2 Å². The summed E-state index contributed by atoms with van der Waals surface area (Å²) in [6.07, 6.45) is 2.01. The second-order valence-electron chi connectivity index (χ2n) is 3.84. The van der Waals surface area contributed by atoms with Crippen LogP contribution in [0.2, 0.25) is 0 Å². The number of aromatic carboxylic acids is 1. The number of nitrogens with zero attached hydrogens (tertiary/aromatic N) is 1. The number of rotatable bonds is 6. The molecule has 1 aromatic rings. The van der Waals surface area contributed by atoms with Gasteiger partial charge in [-0.1, -0.05) is 0 Å². The average Bonchev–Trinajstić information content (AvgIpc) is 2.29. The number of halogens is 1. The largest absolute Gasteiger partial charge is 0.478 e. The van der Waals surface area contributed by atoms with Gasteiger partial charge in [0.25, 0.3) is 0 Å². The highest BCUT2D eigenvalue weighted by molar-refractivity contribution is 7.98. The van der Waals surface area contributed by atoms with E-state index in [2.05, 4.69) is 0 Å². The van der Waals surface area contributed by atoms with E-state index in [0.29, 0.717) is 12.1 Å². The Bertz CT molecular complexity index is 398. The van der Waals surface area contributed by atoms with Gasteiger partial charge in [-0.25, -0.2) is 9.18 Å². The summed E-state index contributed by atoms with van der Waals surface area (Å²) in [6.45, 7) is 1.27. The molecule has 0 spiro atoms. The summed E-state index contributed by atoms with van der Waals surface area (Å²) in [5.74, 6) is -0.416. The van der Waals surface area contributed by atoms with Crippen LogP contribution >= 0.6 is 11.8 Å². The molecular weight excluding hydrogens is 241 g/mol. The van der Waals surface area contributed by atoms with Crippen LogP contribution < -0.4 is 0 Å². The van der Waals surface area contributed by atoms with Crippen molar-refractivity contribution in [1.82, 2.24) is 4.90 Å². The number of carboxylic acid groups (broad SMARTS) is 1. The lowest BCUT2D eigenvalue weighted by Crippen LogP contribution is -2.21. The maximum atomic E-state index is 13.5. The molecule has 1 rings (SSSR count). The van der Waals surface area contributed by atoms with E-state index < -0.39 is 5.97 Å². The predicted octanol–water partition coefficient (Wildman–Crippen LogP) is 2.32. The van der Waals surface area contributed by atoms with E-state index in [4.69, 9.17) is 5.11 Å². The topological polar surface area (TPSA) is 40.5 Å². The lowest BCUT2D eigenvalue weighted by molar-refractivity contribution is 0.0696. The van der Waals surface area contributed by atoms with Crippen LogP contribution in [0.4, 0.5) is 4.39 Å². The number of hydrogen-bond acceptors (Lipinski definition) is 3. The van der Waals surface area contributed by atoms with Crippen molar-refractivity contribution in [3.05, 3.63) is 35.1 Å². The summed E-state index contributed by atoms with van der Waals surface area (Å²) < 4.78 is 13.5. The van der Waals surface area contributed by atoms with Gasteiger partial charge in [0.15, 0.2) is 0 Å².